The molecule has 1 atom stereocenters. The lowest BCUT2D eigenvalue weighted by atomic mass is 10.0. The molecule has 0 saturated heterocycles. The fraction of sp³-hybridized carbons (Fsp3) is 0.850. The summed E-state index contributed by atoms with van der Waals surface area (Å²) in [6.45, 7) is 6.57. The lowest BCUT2D eigenvalue weighted by Crippen LogP contribution is -2.30. The number of rotatable bonds is 53. The Bertz CT molecular complexity index is 1110. The Morgan fingerprint density at radius 2 is 0.591 bits per heavy atom. The van der Waals surface area contributed by atoms with Gasteiger partial charge in [-0.3, -0.25) is 14.4 Å². The zero-order chi connectivity index (χ0) is 47.9. The first-order valence-electron chi connectivity index (χ1n) is 29.0. The number of allylic oxidation sites excluding steroid dienone is 6. The Morgan fingerprint density at radius 1 is 0.318 bits per heavy atom. The second-order valence-electron chi connectivity index (χ2n) is 19.5. The normalized spacial score (nSPS) is 12.2. The number of esters is 3. The molecule has 0 aromatic carbocycles. The highest BCUT2D eigenvalue weighted by atomic mass is 16.6. The van der Waals surface area contributed by atoms with Gasteiger partial charge in [-0.2, -0.15) is 0 Å². The maximum atomic E-state index is 12.9. The quantitative estimate of drug-likeness (QED) is 0.0262. The van der Waals surface area contributed by atoms with Gasteiger partial charge < -0.3 is 14.2 Å². The minimum Gasteiger partial charge on any atom is -0.462 e. The van der Waals surface area contributed by atoms with Crippen molar-refractivity contribution in [2.45, 2.75) is 316 Å². The van der Waals surface area contributed by atoms with Crippen molar-refractivity contribution in [1.29, 1.82) is 0 Å². The van der Waals surface area contributed by atoms with Crippen LogP contribution in [0.4, 0.5) is 0 Å². The van der Waals surface area contributed by atoms with Crippen LogP contribution in [0.1, 0.15) is 310 Å². The van der Waals surface area contributed by atoms with E-state index in [0.717, 1.165) is 83.5 Å². The highest BCUT2D eigenvalue weighted by Crippen LogP contribution is 2.17. The van der Waals surface area contributed by atoms with Crippen molar-refractivity contribution in [3.8, 4) is 0 Å². The molecule has 0 fully saturated rings. The Morgan fingerprint density at radius 3 is 0.924 bits per heavy atom. The number of hydrogen-bond acceptors (Lipinski definition) is 6. The summed E-state index contributed by atoms with van der Waals surface area (Å²) in [6, 6.07) is 0. The maximum Gasteiger partial charge on any atom is 0.306 e. The van der Waals surface area contributed by atoms with Crippen LogP contribution in [0, 0.1) is 0 Å². The highest BCUT2D eigenvalue weighted by Gasteiger charge is 2.19. The molecule has 386 valence electrons. The molecule has 0 aliphatic carbocycles. The molecular formula is C60H110O6. The molecule has 0 aromatic rings. The summed E-state index contributed by atoms with van der Waals surface area (Å²) in [5.41, 5.74) is 0. The van der Waals surface area contributed by atoms with E-state index in [0.29, 0.717) is 19.3 Å². The van der Waals surface area contributed by atoms with Crippen molar-refractivity contribution < 1.29 is 28.6 Å². The van der Waals surface area contributed by atoms with Gasteiger partial charge in [-0.05, 0) is 51.4 Å². The fourth-order valence-corrected chi connectivity index (χ4v) is 8.58. The van der Waals surface area contributed by atoms with Crippen molar-refractivity contribution in [2.24, 2.45) is 0 Å². The number of carbonyl (C=O) groups excluding carboxylic acids is 3. The molecule has 0 aromatic heterocycles. The standard InChI is InChI=1S/C60H110O6/c1-4-7-10-13-16-19-22-25-28-31-34-37-40-43-46-49-52-58(61)64-55-57(66-60(63)54-51-48-45-42-39-36-33-30-27-24-21-18-15-12-9-6-3)56-65-59(62)53-50-47-44-41-38-35-32-29-26-23-20-17-14-11-8-5-2/h7,10,16,19,25,28,57H,4-6,8-9,11-15,17-18,20-24,26-27,29-56H2,1-3H3/b10-7-,19-16-,28-25-. The first-order chi connectivity index (χ1) is 32.5. The number of hydrogen-bond donors (Lipinski definition) is 0. The molecule has 0 heterocycles. The van der Waals surface area contributed by atoms with Crippen LogP contribution >= 0.6 is 0 Å². The molecule has 0 aliphatic rings. The first-order valence-corrected chi connectivity index (χ1v) is 29.0. The van der Waals surface area contributed by atoms with Crippen LogP contribution in [0.2, 0.25) is 0 Å². The lowest BCUT2D eigenvalue weighted by molar-refractivity contribution is -0.167. The van der Waals surface area contributed by atoms with E-state index in [4.69, 9.17) is 14.2 Å². The Hall–Kier alpha value is -2.37. The Balaban J connectivity index is 4.35. The molecule has 66 heavy (non-hydrogen) atoms. The van der Waals surface area contributed by atoms with Crippen LogP contribution in [0.3, 0.4) is 0 Å². The van der Waals surface area contributed by atoms with Crippen LogP contribution < -0.4 is 0 Å². The van der Waals surface area contributed by atoms with E-state index in [1.54, 1.807) is 0 Å². The van der Waals surface area contributed by atoms with Crippen LogP contribution in [0.5, 0.6) is 0 Å². The predicted octanol–water partition coefficient (Wildman–Crippen LogP) is 19.3. The summed E-state index contributed by atoms with van der Waals surface area (Å²) >= 11 is 0. The fourth-order valence-electron chi connectivity index (χ4n) is 8.58. The van der Waals surface area contributed by atoms with E-state index >= 15 is 0 Å². The van der Waals surface area contributed by atoms with E-state index in [-0.39, 0.29) is 31.1 Å². The van der Waals surface area contributed by atoms with Gasteiger partial charge in [0.25, 0.3) is 0 Å². The van der Waals surface area contributed by atoms with Gasteiger partial charge in [-0.1, -0.05) is 276 Å². The molecule has 0 N–H and O–H groups in total. The molecule has 0 aliphatic heterocycles. The Kier molecular flexibility index (Phi) is 53.2. The second kappa shape index (κ2) is 55.2. The molecule has 0 saturated carbocycles. The SMILES string of the molecule is CC/C=C\C/C=C\C/C=C\CCCCCCCCC(=O)OCC(COC(=O)CCCCCCCCCCCCCCCCCC)OC(=O)CCCCCCCCCCCCCCCCCC. The number of unbranched alkanes of at least 4 members (excludes halogenated alkanes) is 36. The molecule has 0 amide bonds. The van der Waals surface area contributed by atoms with Gasteiger partial charge in [0, 0.05) is 19.3 Å². The maximum absolute atomic E-state index is 12.9. The van der Waals surface area contributed by atoms with Gasteiger partial charge in [0.2, 0.25) is 0 Å². The third-order valence-electron chi connectivity index (χ3n) is 12.9. The summed E-state index contributed by atoms with van der Waals surface area (Å²) in [7, 11) is 0. The van der Waals surface area contributed by atoms with Crippen molar-refractivity contribution >= 4 is 17.9 Å². The van der Waals surface area contributed by atoms with Gasteiger partial charge in [-0.25, -0.2) is 0 Å². The van der Waals surface area contributed by atoms with E-state index < -0.39 is 6.10 Å². The van der Waals surface area contributed by atoms with E-state index in [9.17, 15) is 14.4 Å². The van der Waals surface area contributed by atoms with Gasteiger partial charge in [0.1, 0.15) is 13.2 Å². The lowest BCUT2D eigenvalue weighted by Gasteiger charge is -2.18. The largest absolute Gasteiger partial charge is 0.462 e. The Labute approximate surface area is 410 Å². The molecule has 6 nitrogen and oxygen atoms in total. The first kappa shape index (κ1) is 63.6. The zero-order valence-electron chi connectivity index (χ0n) is 44.2. The van der Waals surface area contributed by atoms with E-state index in [1.165, 1.54) is 186 Å². The van der Waals surface area contributed by atoms with Crippen molar-refractivity contribution in [3.63, 3.8) is 0 Å². The molecule has 0 spiro atoms. The van der Waals surface area contributed by atoms with Crippen molar-refractivity contribution in [3.05, 3.63) is 36.5 Å². The van der Waals surface area contributed by atoms with Crippen LogP contribution in [0.15, 0.2) is 36.5 Å². The topological polar surface area (TPSA) is 78.9 Å². The number of ether oxygens (including phenoxy) is 3. The van der Waals surface area contributed by atoms with Gasteiger partial charge in [0.05, 0.1) is 0 Å². The summed E-state index contributed by atoms with van der Waals surface area (Å²) in [4.78, 5) is 38.2. The average Bonchev–Trinajstić information content (AvgIpc) is 3.31. The predicted molar refractivity (Wildman–Crippen MR) is 284 cm³/mol. The molecule has 0 rings (SSSR count). The molecule has 0 radical (unpaired) electrons. The van der Waals surface area contributed by atoms with Crippen molar-refractivity contribution in [2.75, 3.05) is 13.2 Å². The summed E-state index contributed by atoms with van der Waals surface area (Å²) in [5, 5.41) is 0. The minimum absolute atomic E-state index is 0.0712. The van der Waals surface area contributed by atoms with E-state index in [2.05, 4.69) is 57.2 Å². The summed E-state index contributed by atoms with van der Waals surface area (Å²) in [6.07, 6.45) is 65.6. The molecule has 0 bridgehead atoms. The van der Waals surface area contributed by atoms with Crippen LogP contribution in [0.25, 0.3) is 0 Å². The smallest absolute Gasteiger partial charge is 0.306 e. The summed E-state index contributed by atoms with van der Waals surface area (Å²) < 4.78 is 16.9. The monoisotopic (exact) mass is 927 g/mol. The van der Waals surface area contributed by atoms with Gasteiger partial charge in [-0.15, -0.1) is 0 Å². The zero-order valence-corrected chi connectivity index (χ0v) is 44.2. The van der Waals surface area contributed by atoms with Crippen LogP contribution in [-0.2, 0) is 28.6 Å². The molecular weight excluding hydrogens is 817 g/mol. The highest BCUT2D eigenvalue weighted by molar-refractivity contribution is 5.71. The molecule has 6 heteroatoms. The van der Waals surface area contributed by atoms with Gasteiger partial charge in [0.15, 0.2) is 6.10 Å². The second-order valence-corrected chi connectivity index (χ2v) is 19.5. The van der Waals surface area contributed by atoms with E-state index in [1.807, 2.05) is 0 Å². The van der Waals surface area contributed by atoms with Gasteiger partial charge >= 0.3 is 17.9 Å². The third kappa shape index (κ3) is 52.6. The average molecular weight is 928 g/mol. The van der Waals surface area contributed by atoms with Crippen LogP contribution in [-0.4, -0.2) is 37.2 Å². The number of carbonyl (C=O) groups is 3. The minimum atomic E-state index is -0.773. The summed E-state index contributed by atoms with van der Waals surface area (Å²) in [5.74, 6) is -0.864. The third-order valence-corrected chi connectivity index (χ3v) is 12.9. The van der Waals surface area contributed by atoms with Crippen molar-refractivity contribution in [1.82, 2.24) is 0 Å². The molecule has 1 unspecified atom stereocenters.